The summed E-state index contributed by atoms with van der Waals surface area (Å²) in [5.74, 6) is -0.475. The van der Waals surface area contributed by atoms with Gasteiger partial charge in [0.2, 0.25) is 5.91 Å². The van der Waals surface area contributed by atoms with E-state index in [4.69, 9.17) is 0 Å². The third kappa shape index (κ3) is 3.56. The lowest BCUT2D eigenvalue weighted by molar-refractivity contribution is -0.115. The van der Waals surface area contributed by atoms with Crippen molar-refractivity contribution in [2.24, 2.45) is 0 Å². The van der Waals surface area contributed by atoms with Gasteiger partial charge in [0, 0.05) is 6.20 Å². The zero-order chi connectivity index (χ0) is 15.4. The third-order valence-corrected chi connectivity index (χ3v) is 4.05. The highest BCUT2D eigenvalue weighted by Crippen LogP contribution is 2.28. The van der Waals surface area contributed by atoms with Gasteiger partial charge in [-0.3, -0.25) is 4.79 Å². The van der Waals surface area contributed by atoms with Crippen LogP contribution in [0, 0.1) is 5.82 Å². The molecule has 0 atom stereocenters. The van der Waals surface area contributed by atoms with Gasteiger partial charge in [0.05, 0.1) is 11.3 Å². The first kappa shape index (κ1) is 14.4. The summed E-state index contributed by atoms with van der Waals surface area (Å²) in [6.07, 6.45) is 1.94. The van der Waals surface area contributed by atoms with E-state index in [0.717, 1.165) is 16.0 Å². The Balaban J connectivity index is 1.65. The van der Waals surface area contributed by atoms with Crippen LogP contribution < -0.4 is 5.32 Å². The van der Waals surface area contributed by atoms with Crippen molar-refractivity contribution in [3.63, 3.8) is 0 Å². The molecule has 3 nitrogen and oxygen atoms in total. The molecule has 0 saturated carbocycles. The van der Waals surface area contributed by atoms with E-state index in [1.807, 2.05) is 30.3 Å². The van der Waals surface area contributed by atoms with E-state index < -0.39 is 0 Å². The maximum Gasteiger partial charge on any atom is 0.230 e. The molecule has 0 saturated heterocycles. The van der Waals surface area contributed by atoms with Gasteiger partial charge in [-0.1, -0.05) is 53.8 Å². The number of halogens is 1. The van der Waals surface area contributed by atoms with Crippen molar-refractivity contribution in [3.8, 4) is 10.4 Å². The number of nitrogens with zero attached hydrogens (tertiary/aromatic N) is 1. The van der Waals surface area contributed by atoms with Crippen molar-refractivity contribution in [1.29, 1.82) is 0 Å². The van der Waals surface area contributed by atoms with Crippen LogP contribution in [0.5, 0.6) is 0 Å². The molecule has 0 spiro atoms. The average molecular weight is 312 g/mol. The van der Waals surface area contributed by atoms with Crippen LogP contribution in [0.25, 0.3) is 10.4 Å². The van der Waals surface area contributed by atoms with Crippen LogP contribution in [0.4, 0.5) is 9.52 Å². The van der Waals surface area contributed by atoms with Crippen molar-refractivity contribution in [3.05, 3.63) is 72.2 Å². The fraction of sp³-hybridized carbons (Fsp3) is 0.0588. The maximum absolute atomic E-state index is 12.8. The number of rotatable bonds is 4. The second-order valence-electron chi connectivity index (χ2n) is 4.75. The molecule has 0 bridgehead atoms. The molecule has 1 aromatic heterocycles. The molecule has 0 unspecified atom stereocenters. The summed E-state index contributed by atoms with van der Waals surface area (Å²) in [5, 5.41) is 3.33. The molecule has 3 rings (SSSR count). The highest BCUT2D eigenvalue weighted by atomic mass is 32.1. The van der Waals surface area contributed by atoms with E-state index in [9.17, 15) is 9.18 Å². The van der Waals surface area contributed by atoms with Gasteiger partial charge in [0.25, 0.3) is 0 Å². The minimum absolute atomic E-state index is 0.166. The van der Waals surface area contributed by atoms with Crippen LogP contribution in [0.1, 0.15) is 5.56 Å². The largest absolute Gasteiger partial charge is 0.302 e. The number of amides is 1. The molecule has 22 heavy (non-hydrogen) atoms. The van der Waals surface area contributed by atoms with Crippen LogP contribution in [0.15, 0.2) is 60.8 Å². The van der Waals surface area contributed by atoms with Crippen LogP contribution >= 0.6 is 11.3 Å². The molecule has 5 heteroatoms. The Kier molecular flexibility index (Phi) is 4.25. The molecule has 0 aliphatic heterocycles. The Morgan fingerprint density at radius 2 is 1.82 bits per heavy atom. The van der Waals surface area contributed by atoms with E-state index in [1.165, 1.54) is 23.5 Å². The number of anilines is 1. The highest BCUT2D eigenvalue weighted by molar-refractivity contribution is 7.19. The van der Waals surface area contributed by atoms with Crippen molar-refractivity contribution in [1.82, 2.24) is 4.98 Å². The molecule has 110 valence electrons. The van der Waals surface area contributed by atoms with Crippen molar-refractivity contribution in [2.75, 3.05) is 5.32 Å². The van der Waals surface area contributed by atoms with Gasteiger partial charge in [-0.05, 0) is 23.3 Å². The molecule has 0 aliphatic carbocycles. The predicted molar refractivity (Wildman–Crippen MR) is 86.3 cm³/mol. The molecule has 2 aromatic carbocycles. The normalized spacial score (nSPS) is 10.4. The Hall–Kier alpha value is -2.53. The monoisotopic (exact) mass is 312 g/mol. The standard InChI is InChI=1S/C17H13FN2OS/c18-14-8-6-12(7-9-14)10-16(21)20-17-19-11-15(22-17)13-4-2-1-3-5-13/h1-9,11H,10H2,(H,19,20,21). The lowest BCUT2D eigenvalue weighted by Crippen LogP contribution is -2.14. The highest BCUT2D eigenvalue weighted by Gasteiger charge is 2.08. The van der Waals surface area contributed by atoms with Gasteiger partial charge in [-0.2, -0.15) is 0 Å². The fourth-order valence-electron chi connectivity index (χ4n) is 2.02. The van der Waals surface area contributed by atoms with Gasteiger partial charge in [-0.25, -0.2) is 9.37 Å². The summed E-state index contributed by atoms with van der Waals surface area (Å²) in [7, 11) is 0. The zero-order valence-electron chi connectivity index (χ0n) is 11.6. The molecule has 1 N–H and O–H groups in total. The molecule has 3 aromatic rings. The van der Waals surface area contributed by atoms with Gasteiger partial charge in [0.15, 0.2) is 5.13 Å². The Labute approximate surface area is 131 Å². The topological polar surface area (TPSA) is 42.0 Å². The molecule has 0 fully saturated rings. The van der Waals surface area contributed by atoms with E-state index in [-0.39, 0.29) is 18.1 Å². The van der Waals surface area contributed by atoms with Crippen LogP contribution in [-0.2, 0) is 11.2 Å². The lowest BCUT2D eigenvalue weighted by Gasteiger charge is -2.02. The summed E-state index contributed by atoms with van der Waals surface area (Å²) < 4.78 is 12.8. The predicted octanol–water partition coefficient (Wildman–Crippen LogP) is 4.13. The summed E-state index contributed by atoms with van der Waals surface area (Å²) in [6.45, 7) is 0. The Bertz CT molecular complexity index is 769. The minimum atomic E-state index is -0.309. The van der Waals surface area contributed by atoms with Gasteiger partial charge in [-0.15, -0.1) is 0 Å². The summed E-state index contributed by atoms with van der Waals surface area (Å²) >= 11 is 1.42. The van der Waals surface area contributed by atoms with Crippen molar-refractivity contribution >= 4 is 22.4 Å². The number of carbonyl (C=O) groups excluding carboxylic acids is 1. The van der Waals surface area contributed by atoms with E-state index in [2.05, 4.69) is 10.3 Å². The molecule has 1 heterocycles. The lowest BCUT2D eigenvalue weighted by atomic mass is 10.1. The second kappa shape index (κ2) is 6.49. The number of aromatic nitrogens is 1. The van der Waals surface area contributed by atoms with Gasteiger partial charge >= 0.3 is 0 Å². The zero-order valence-corrected chi connectivity index (χ0v) is 12.4. The first-order valence-electron chi connectivity index (χ1n) is 6.76. The molecule has 1 amide bonds. The minimum Gasteiger partial charge on any atom is -0.302 e. The third-order valence-electron chi connectivity index (χ3n) is 3.09. The van der Waals surface area contributed by atoms with E-state index in [0.29, 0.717) is 5.13 Å². The molecule has 0 aliphatic rings. The number of hydrogen-bond acceptors (Lipinski definition) is 3. The van der Waals surface area contributed by atoms with Crippen molar-refractivity contribution < 1.29 is 9.18 Å². The fourth-order valence-corrected chi connectivity index (χ4v) is 2.86. The van der Waals surface area contributed by atoms with E-state index in [1.54, 1.807) is 18.3 Å². The number of benzene rings is 2. The first-order chi connectivity index (χ1) is 10.7. The van der Waals surface area contributed by atoms with Gasteiger partial charge < -0.3 is 5.32 Å². The van der Waals surface area contributed by atoms with Gasteiger partial charge in [0.1, 0.15) is 5.82 Å². The number of nitrogens with one attached hydrogen (secondary N) is 1. The summed E-state index contributed by atoms with van der Waals surface area (Å²) in [4.78, 5) is 17.2. The number of hydrogen-bond donors (Lipinski definition) is 1. The quantitative estimate of drug-likeness (QED) is 0.787. The SMILES string of the molecule is O=C(Cc1ccc(F)cc1)Nc1ncc(-c2ccccc2)s1. The van der Waals surface area contributed by atoms with Crippen LogP contribution in [-0.4, -0.2) is 10.9 Å². The second-order valence-corrected chi connectivity index (χ2v) is 5.78. The Morgan fingerprint density at radius 1 is 1.09 bits per heavy atom. The molecular formula is C17H13FN2OS. The summed E-state index contributed by atoms with van der Waals surface area (Å²) in [5.41, 5.74) is 1.83. The van der Waals surface area contributed by atoms with Crippen LogP contribution in [0.3, 0.4) is 0 Å². The Morgan fingerprint density at radius 3 is 2.55 bits per heavy atom. The first-order valence-corrected chi connectivity index (χ1v) is 7.58. The molecule has 0 radical (unpaired) electrons. The van der Waals surface area contributed by atoms with Crippen LogP contribution in [0.2, 0.25) is 0 Å². The number of carbonyl (C=O) groups is 1. The van der Waals surface area contributed by atoms with Crippen molar-refractivity contribution in [2.45, 2.75) is 6.42 Å². The summed E-state index contributed by atoms with van der Waals surface area (Å²) in [6, 6.07) is 15.8. The average Bonchev–Trinajstić information content (AvgIpc) is 2.99. The maximum atomic E-state index is 12.8. The molecular weight excluding hydrogens is 299 g/mol. The number of thiazole rings is 1. The smallest absolute Gasteiger partial charge is 0.230 e. The van der Waals surface area contributed by atoms with E-state index >= 15 is 0 Å².